The number of aryl methyl sites for hydroxylation is 1. The van der Waals surface area contributed by atoms with Gasteiger partial charge in [-0.3, -0.25) is 19.7 Å². The predicted octanol–water partition coefficient (Wildman–Crippen LogP) is 4.82. The predicted molar refractivity (Wildman–Crippen MR) is 151 cm³/mol. The molecule has 1 fully saturated rings. The summed E-state index contributed by atoms with van der Waals surface area (Å²) in [5, 5.41) is 4.81. The second kappa shape index (κ2) is 12.1. The molecule has 11 heteroatoms. The van der Waals surface area contributed by atoms with Crippen molar-refractivity contribution in [3.8, 4) is 11.5 Å². The van der Waals surface area contributed by atoms with Crippen LogP contribution in [0.1, 0.15) is 18.1 Å². The van der Waals surface area contributed by atoms with Gasteiger partial charge in [-0.25, -0.2) is 14.1 Å². The summed E-state index contributed by atoms with van der Waals surface area (Å²) in [6.45, 7) is 3.58. The van der Waals surface area contributed by atoms with E-state index in [0.717, 1.165) is 10.5 Å². The maximum atomic E-state index is 13.2. The number of nitrogens with one attached hydrogen (secondary N) is 2. The van der Waals surface area contributed by atoms with Gasteiger partial charge in [-0.1, -0.05) is 17.7 Å². The minimum Gasteiger partial charge on any atom is -0.490 e. The Morgan fingerprint density at radius 1 is 1.05 bits per heavy atom. The highest BCUT2D eigenvalue weighted by molar-refractivity contribution is 14.1. The topological polar surface area (TPSA) is 114 Å². The first-order valence-corrected chi connectivity index (χ1v) is 12.9. The van der Waals surface area contributed by atoms with Gasteiger partial charge in [-0.15, -0.1) is 0 Å². The van der Waals surface area contributed by atoms with Crippen LogP contribution < -0.4 is 25.0 Å². The van der Waals surface area contributed by atoms with Crippen LogP contribution in [-0.4, -0.2) is 37.0 Å². The number of imide groups is 2. The molecule has 0 aromatic heterocycles. The van der Waals surface area contributed by atoms with Crippen LogP contribution in [0.4, 0.5) is 20.6 Å². The van der Waals surface area contributed by atoms with Gasteiger partial charge in [0.1, 0.15) is 11.4 Å². The SMILES string of the molecule is CCOc1cc(/C=C2\C(=O)NC(=O)N(c3ccc(C)cc3)C2=O)cc(I)c1OCC(=O)Nc1ccc(F)cc1. The first kappa shape index (κ1) is 27.8. The zero-order valence-electron chi connectivity index (χ0n) is 20.9. The average molecular weight is 643 g/mol. The Hall–Kier alpha value is -4.26. The zero-order chi connectivity index (χ0) is 28.1. The normalized spacial score (nSPS) is 14.3. The van der Waals surface area contributed by atoms with Crippen molar-refractivity contribution in [1.82, 2.24) is 5.32 Å². The first-order valence-electron chi connectivity index (χ1n) is 11.8. The smallest absolute Gasteiger partial charge is 0.335 e. The van der Waals surface area contributed by atoms with Gasteiger partial charge in [-0.05, 0) is 96.6 Å². The molecular formula is C28H23FIN3O6. The van der Waals surface area contributed by atoms with Crippen LogP contribution in [0.25, 0.3) is 6.08 Å². The molecule has 0 atom stereocenters. The summed E-state index contributed by atoms with van der Waals surface area (Å²) < 4.78 is 25.1. The third-order valence-corrected chi connectivity index (χ3v) is 6.31. The molecule has 4 rings (SSSR count). The van der Waals surface area contributed by atoms with Crippen molar-refractivity contribution in [2.75, 3.05) is 23.4 Å². The number of barbiturate groups is 1. The van der Waals surface area contributed by atoms with Crippen molar-refractivity contribution < 1.29 is 33.0 Å². The highest BCUT2D eigenvalue weighted by Gasteiger charge is 2.36. The van der Waals surface area contributed by atoms with Crippen LogP contribution in [-0.2, 0) is 14.4 Å². The average Bonchev–Trinajstić information content (AvgIpc) is 2.88. The molecule has 200 valence electrons. The van der Waals surface area contributed by atoms with Gasteiger partial charge < -0.3 is 14.8 Å². The lowest BCUT2D eigenvalue weighted by molar-refractivity contribution is -0.122. The van der Waals surface area contributed by atoms with Crippen molar-refractivity contribution in [2.24, 2.45) is 0 Å². The number of anilines is 2. The number of hydrogen-bond acceptors (Lipinski definition) is 6. The number of hydrogen-bond donors (Lipinski definition) is 2. The summed E-state index contributed by atoms with van der Waals surface area (Å²) in [5.74, 6) is -1.88. The maximum absolute atomic E-state index is 13.2. The Bertz CT molecular complexity index is 1470. The lowest BCUT2D eigenvalue weighted by atomic mass is 10.1. The van der Waals surface area contributed by atoms with E-state index >= 15 is 0 Å². The number of ether oxygens (including phenoxy) is 2. The van der Waals surface area contributed by atoms with Crippen LogP contribution in [0.2, 0.25) is 0 Å². The van der Waals surface area contributed by atoms with Gasteiger partial charge in [0.2, 0.25) is 0 Å². The lowest BCUT2D eigenvalue weighted by Crippen LogP contribution is -2.54. The van der Waals surface area contributed by atoms with Crippen molar-refractivity contribution in [3.63, 3.8) is 0 Å². The molecule has 5 amide bonds. The molecule has 1 aliphatic heterocycles. The van der Waals surface area contributed by atoms with Crippen molar-refractivity contribution in [3.05, 3.63) is 86.8 Å². The van der Waals surface area contributed by atoms with Gasteiger partial charge in [-0.2, -0.15) is 0 Å². The molecule has 1 aliphatic rings. The highest BCUT2D eigenvalue weighted by Crippen LogP contribution is 2.35. The number of carbonyl (C=O) groups is 4. The number of benzene rings is 3. The van der Waals surface area contributed by atoms with Crippen LogP contribution in [0.5, 0.6) is 11.5 Å². The maximum Gasteiger partial charge on any atom is 0.335 e. The summed E-state index contributed by atoms with van der Waals surface area (Å²) in [6, 6.07) is 14.5. The largest absolute Gasteiger partial charge is 0.490 e. The molecule has 1 saturated heterocycles. The van der Waals surface area contributed by atoms with E-state index in [2.05, 4.69) is 10.6 Å². The molecule has 0 bridgehead atoms. The van der Waals surface area contributed by atoms with E-state index in [9.17, 15) is 23.6 Å². The van der Waals surface area contributed by atoms with Gasteiger partial charge >= 0.3 is 6.03 Å². The minimum absolute atomic E-state index is 0.235. The van der Waals surface area contributed by atoms with Gasteiger partial charge in [0, 0.05) is 5.69 Å². The summed E-state index contributed by atoms with van der Waals surface area (Å²) in [5.41, 5.74) is 1.90. The van der Waals surface area contributed by atoms with E-state index in [-0.39, 0.29) is 18.8 Å². The molecule has 2 N–H and O–H groups in total. The Morgan fingerprint density at radius 2 is 1.74 bits per heavy atom. The molecule has 0 saturated carbocycles. The van der Waals surface area contributed by atoms with Crippen LogP contribution in [0.15, 0.2) is 66.2 Å². The lowest BCUT2D eigenvalue weighted by Gasteiger charge is -2.26. The Kier molecular flexibility index (Phi) is 8.59. The highest BCUT2D eigenvalue weighted by atomic mass is 127. The van der Waals surface area contributed by atoms with Crippen LogP contribution in [0, 0.1) is 16.3 Å². The molecule has 3 aromatic rings. The van der Waals surface area contributed by atoms with Crippen LogP contribution in [0.3, 0.4) is 0 Å². The molecule has 39 heavy (non-hydrogen) atoms. The van der Waals surface area contributed by atoms with Crippen molar-refractivity contribution in [1.29, 1.82) is 0 Å². The quantitative estimate of drug-likeness (QED) is 0.207. The summed E-state index contributed by atoms with van der Waals surface area (Å²) in [7, 11) is 0. The number of amides is 5. The van der Waals surface area contributed by atoms with E-state index in [0.29, 0.717) is 32.0 Å². The molecule has 0 aliphatic carbocycles. The third-order valence-electron chi connectivity index (χ3n) is 5.51. The van der Waals surface area contributed by atoms with Gasteiger partial charge in [0.15, 0.2) is 18.1 Å². The molecule has 0 spiro atoms. The van der Waals surface area contributed by atoms with Crippen molar-refractivity contribution in [2.45, 2.75) is 13.8 Å². The number of carbonyl (C=O) groups excluding carboxylic acids is 4. The van der Waals surface area contributed by atoms with E-state index in [4.69, 9.17) is 9.47 Å². The second-order valence-corrected chi connectivity index (χ2v) is 9.56. The first-order chi connectivity index (χ1) is 18.7. The fraction of sp³-hybridized carbons (Fsp3) is 0.143. The van der Waals surface area contributed by atoms with Gasteiger partial charge in [0.05, 0.1) is 15.9 Å². The number of halogens is 2. The van der Waals surface area contributed by atoms with E-state index in [1.807, 2.05) is 29.5 Å². The van der Waals surface area contributed by atoms with E-state index < -0.39 is 29.6 Å². The number of rotatable bonds is 8. The third kappa shape index (κ3) is 6.60. The molecule has 1 heterocycles. The Morgan fingerprint density at radius 3 is 2.41 bits per heavy atom. The van der Waals surface area contributed by atoms with E-state index in [1.165, 1.54) is 30.3 Å². The van der Waals surface area contributed by atoms with Gasteiger partial charge in [0.25, 0.3) is 17.7 Å². The molecular weight excluding hydrogens is 620 g/mol. The van der Waals surface area contributed by atoms with Crippen molar-refractivity contribution >= 4 is 63.8 Å². The minimum atomic E-state index is -0.835. The summed E-state index contributed by atoms with van der Waals surface area (Å²) in [6.07, 6.45) is 1.36. The molecule has 0 radical (unpaired) electrons. The zero-order valence-corrected chi connectivity index (χ0v) is 23.1. The molecule has 9 nitrogen and oxygen atoms in total. The molecule has 3 aromatic carbocycles. The number of urea groups is 1. The second-order valence-electron chi connectivity index (χ2n) is 8.40. The summed E-state index contributed by atoms with van der Waals surface area (Å²) >= 11 is 1.99. The fourth-order valence-electron chi connectivity index (χ4n) is 3.69. The monoisotopic (exact) mass is 643 g/mol. The Balaban J connectivity index is 1.57. The Labute approximate surface area is 237 Å². The fourth-order valence-corrected chi connectivity index (χ4v) is 4.48. The number of nitrogens with zero attached hydrogens (tertiary/aromatic N) is 1. The standard InChI is InChI=1S/C28H23FIN3O6/c1-3-38-23-14-17(13-22(30)25(23)39-15-24(34)31-19-8-6-18(29)7-9-19)12-21-26(35)32-28(37)33(27(21)36)20-10-4-16(2)5-11-20/h4-14H,3,15H2,1-2H3,(H,31,34)(H,32,35,37)/b21-12+. The molecule has 0 unspecified atom stereocenters. The van der Waals surface area contributed by atoms with Crippen LogP contribution >= 0.6 is 22.6 Å². The summed E-state index contributed by atoms with van der Waals surface area (Å²) in [4.78, 5) is 51.5. The van der Waals surface area contributed by atoms with E-state index in [1.54, 1.807) is 43.3 Å².